The lowest BCUT2D eigenvalue weighted by atomic mass is 9.96. The molecule has 1 aromatic carbocycles. The fourth-order valence-corrected chi connectivity index (χ4v) is 1.41. The van der Waals surface area contributed by atoms with Crippen LogP contribution in [-0.4, -0.2) is 22.9 Å². The average molecular weight is 245 g/mol. The first kappa shape index (κ1) is 10.7. The summed E-state index contributed by atoms with van der Waals surface area (Å²) in [7, 11) is 0. The molecule has 0 heterocycles. The highest BCUT2D eigenvalue weighted by Gasteiger charge is 2.14. The minimum absolute atomic E-state index is 0.0295. The van der Waals surface area contributed by atoms with Crippen LogP contribution in [0.2, 0.25) is 0 Å². The maximum atomic E-state index is 9.39. The Bertz CT molecular complexity index is 258. The zero-order valence-electron chi connectivity index (χ0n) is 7.44. The van der Waals surface area contributed by atoms with Crippen LogP contribution < -0.4 is 0 Å². The number of hydrogen-bond acceptors (Lipinski definition) is 2. The molecule has 13 heavy (non-hydrogen) atoms. The molecular formula is C10H13BrO2. The summed E-state index contributed by atoms with van der Waals surface area (Å²) in [6.07, 6.45) is -0.679. The third kappa shape index (κ3) is 2.79. The Morgan fingerprint density at radius 3 is 2.31 bits per heavy atom. The van der Waals surface area contributed by atoms with Crippen LogP contribution in [-0.2, 0) is 0 Å². The van der Waals surface area contributed by atoms with Gasteiger partial charge in [0.1, 0.15) is 0 Å². The molecule has 0 bridgehead atoms. The lowest BCUT2D eigenvalue weighted by molar-refractivity contribution is 0.0772. The second-order valence-corrected chi connectivity index (χ2v) is 4.01. The van der Waals surface area contributed by atoms with Gasteiger partial charge < -0.3 is 10.2 Å². The third-order valence-electron chi connectivity index (χ3n) is 2.16. The van der Waals surface area contributed by atoms with E-state index in [0.717, 1.165) is 10.0 Å². The molecule has 0 saturated heterocycles. The van der Waals surface area contributed by atoms with Gasteiger partial charge in [-0.3, -0.25) is 0 Å². The van der Waals surface area contributed by atoms with Gasteiger partial charge in [0.15, 0.2) is 0 Å². The molecule has 0 aliphatic heterocycles. The van der Waals surface area contributed by atoms with E-state index in [1.165, 1.54) is 0 Å². The van der Waals surface area contributed by atoms with E-state index in [9.17, 15) is 5.11 Å². The first-order valence-corrected chi connectivity index (χ1v) is 4.99. The lowest BCUT2D eigenvalue weighted by Crippen LogP contribution is -2.19. The molecule has 0 aliphatic rings. The highest BCUT2D eigenvalue weighted by atomic mass is 79.9. The number of benzene rings is 1. The molecule has 72 valence electrons. The van der Waals surface area contributed by atoms with Crippen molar-refractivity contribution in [1.29, 1.82) is 0 Å². The Labute approximate surface area is 86.3 Å². The Kier molecular flexibility index (Phi) is 3.90. The SMILES string of the molecule is C[C@@H](c1ccc(Br)cc1)[C@@H](O)CO. The van der Waals surface area contributed by atoms with E-state index in [2.05, 4.69) is 15.9 Å². The van der Waals surface area contributed by atoms with E-state index < -0.39 is 6.10 Å². The van der Waals surface area contributed by atoms with Gasteiger partial charge in [-0.2, -0.15) is 0 Å². The van der Waals surface area contributed by atoms with Crippen molar-refractivity contribution in [3.63, 3.8) is 0 Å². The molecule has 2 atom stereocenters. The number of aliphatic hydroxyl groups excluding tert-OH is 2. The van der Waals surface area contributed by atoms with Crippen LogP contribution in [0.3, 0.4) is 0 Å². The first-order chi connectivity index (χ1) is 6.15. The fourth-order valence-electron chi connectivity index (χ4n) is 1.15. The van der Waals surface area contributed by atoms with Crippen molar-refractivity contribution >= 4 is 15.9 Å². The zero-order valence-corrected chi connectivity index (χ0v) is 9.03. The Morgan fingerprint density at radius 1 is 1.31 bits per heavy atom. The Hall–Kier alpha value is -0.380. The summed E-state index contributed by atoms with van der Waals surface area (Å²) in [4.78, 5) is 0. The maximum Gasteiger partial charge on any atom is 0.0836 e. The summed E-state index contributed by atoms with van der Waals surface area (Å²) in [6, 6.07) is 7.73. The summed E-state index contributed by atoms with van der Waals surface area (Å²) in [5.74, 6) is -0.0295. The van der Waals surface area contributed by atoms with E-state index >= 15 is 0 Å². The average Bonchev–Trinajstić information content (AvgIpc) is 2.17. The van der Waals surface area contributed by atoms with Crippen molar-refractivity contribution in [2.75, 3.05) is 6.61 Å². The van der Waals surface area contributed by atoms with Crippen LogP contribution in [0.1, 0.15) is 18.4 Å². The van der Waals surface area contributed by atoms with Crippen LogP contribution >= 0.6 is 15.9 Å². The molecule has 0 aliphatic carbocycles. The summed E-state index contributed by atoms with van der Waals surface area (Å²) in [5.41, 5.74) is 1.03. The molecule has 1 rings (SSSR count). The molecule has 3 heteroatoms. The van der Waals surface area contributed by atoms with Crippen molar-refractivity contribution < 1.29 is 10.2 Å². The van der Waals surface area contributed by atoms with Crippen molar-refractivity contribution in [2.24, 2.45) is 0 Å². The topological polar surface area (TPSA) is 40.5 Å². The summed E-state index contributed by atoms with van der Waals surface area (Å²) < 4.78 is 1.02. The van der Waals surface area contributed by atoms with Crippen molar-refractivity contribution in [2.45, 2.75) is 18.9 Å². The standard InChI is InChI=1S/C10H13BrO2/c1-7(10(13)6-12)8-2-4-9(11)5-3-8/h2-5,7,10,12-13H,6H2,1H3/t7-,10-/m0/s1. The highest BCUT2D eigenvalue weighted by Crippen LogP contribution is 2.21. The molecule has 0 spiro atoms. The van der Waals surface area contributed by atoms with Gasteiger partial charge in [-0.1, -0.05) is 35.0 Å². The molecule has 0 saturated carbocycles. The summed E-state index contributed by atoms with van der Waals surface area (Å²) in [6.45, 7) is 1.70. The number of aliphatic hydroxyl groups is 2. The number of hydrogen-bond donors (Lipinski definition) is 2. The molecule has 2 N–H and O–H groups in total. The molecule has 1 aromatic rings. The normalized spacial score (nSPS) is 15.4. The first-order valence-electron chi connectivity index (χ1n) is 4.19. The second kappa shape index (κ2) is 4.74. The molecular weight excluding hydrogens is 232 g/mol. The van der Waals surface area contributed by atoms with Crippen molar-refractivity contribution in [1.82, 2.24) is 0 Å². The summed E-state index contributed by atoms with van der Waals surface area (Å²) in [5, 5.41) is 18.1. The van der Waals surface area contributed by atoms with Gasteiger partial charge in [-0.05, 0) is 17.7 Å². The van der Waals surface area contributed by atoms with Crippen molar-refractivity contribution in [3.05, 3.63) is 34.3 Å². The van der Waals surface area contributed by atoms with E-state index in [1.54, 1.807) is 0 Å². The highest BCUT2D eigenvalue weighted by molar-refractivity contribution is 9.10. The maximum absolute atomic E-state index is 9.39. The zero-order chi connectivity index (χ0) is 9.84. The van der Waals surface area contributed by atoms with E-state index in [1.807, 2.05) is 31.2 Å². The molecule has 0 amide bonds. The van der Waals surface area contributed by atoms with Crippen LogP contribution in [0.5, 0.6) is 0 Å². The molecule has 0 unspecified atom stereocenters. The number of halogens is 1. The lowest BCUT2D eigenvalue weighted by Gasteiger charge is -2.16. The molecule has 0 aromatic heterocycles. The van der Waals surface area contributed by atoms with Gasteiger partial charge in [0.25, 0.3) is 0 Å². The molecule has 0 radical (unpaired) electrons. The minimum atomic E-state index is -0.679. The molecule has 2 nitrogen and oxygen atoms in total. The van der Waals surface area contributed by atoms with Crippen LogP contribution in [0.25, 0.3) is 0 Å². The van der Waals surface area contributed by atoms with E-state index in [-0.39, 0.29) is 12.5 Å². The van der Waals surface area contributed by atoms with Gasteiger partial charge in [0, 0.05) is 10.4 Å². The van der Waals surface area contributed by atoms with Gasteiger partial charge in [-0.15, -0.1) is 0 Å². The minimum Gasteiger partial charge on any atom is -0.394 e. The second-order valence-electron chi connectivity index (χ2n) is 3.09. The third-order valence-corrected chi connectivity index (χ3v) is 2.69. The molecule has 0 fully saturated rings. The van der Waals surface area contributed by atoms with Crippen LogP contribution in [0, 0.1) is 0 Å². The van der Waals surface area contributed by atoms with Crippen molar-refractivity contribution in [3.8, 4) is 0 Å². The van der Waals surface area contributed by atoms with Crippen LogP contribution in [0.4, 0.5) is 0 Å². The quantitative estimate of drug-likeness (QED) is 0.853. The summed E-state index contributed by atoms with van der Waals surface area (Å²) >= 11 is 3.34. The predicted octanol–water partition coefficient (Wildman–Crippen LogP) is 1.91. The van der Waals surface area contributed by atoms with Gasteiger partial charge in [0.2, 0.25) is 0 Å². The Morgan fingerprint density at radius 2 is 1.85 bits per heavy atom. The van der Waals surface area contributed by atoms with Gasteiger partial charge in [-0.25, -0.2) is 0 Å². The Balaban J connectivity index is 2.77. The smallest absolute Gasteiger partial charge is 0.0836 e. The number of rotatable bonds is 3. The van der Waals surface area contributed by atoms with E-state index in [0.29, 0.717) is 0 Å². The predicted molar refractivity (Wildman–Crippen MR) is 55.6 cm³/mol. The van der Waals surface area contributed by atoms with Gasteiger partial charge >= 0.3 is 0 Å². The van der Waals surface area contributed by atoms with Crippen LogP contribution in [0.15, 0.2) is 28.7 Å². The monoisotopic (exact) mass is 244 g/mol. The van der Waals surface area contributed by atoms with Gasteiger partial charge in [0.05, 0.1) is 12.7 Å². The fraction of sp³-hybridized carbons (Fsp3) is 0.400. The largest absolute Gasteiger partial charge is 0.394 e. The van der Waals surface area contributed by atoms with E-state index in [4.69, 9.17) is 5.11 Å².